The van der Waals surface area contributed by atoms with Crippen molar-refractivity contribution in [1.29, 1.82) is 0 Å². The number of hydrogen-bond donors (Lipinski definition) is 1. The Hall–Kier alpha value is -1.17. The lowest BCUT2D eigenvalue weighted by Crippen LogP contribution is -2.12. The second-order valence-corrected chi connectivity index (χ2v) is 6.83. The van der Waals surface area contributed by atoms with Crippen LogP contribution < -0.4 is 10.5 Å². The standard InChI is InChI=1S/C16H17NOS3/c1-3-21-14-6-4-5-13(15(14)16(17)19)18-11-7-9-12(20-2)10-8-11/h4-10H,3H2,1-2H3,(H2,17,19). The second-order valence-electron chi connectivity index (χ2n) is 4.20. The zero-order valence-electron chi connectivity index (χ0n) is 12.0. The molecule has 2 aromatic rings. The van der Waals surface area contributed by atoms with Gasteiger partial charge in [0, 0.05) is 9.79 Å². The monoisotopic (exact) mass is 335 g/mol. The zero-order chi connectivity index (χ0) is 15.2. The lowest BCUT2D eigenvalue weighted by atomic mass is 10.2. The highest BCUT2D eigenvalue weighted by molar-refractivity contribution is 7.99. The molecule has 0 aromatic heterocycles. The zero-order valence-corrected chi connectivity index (χ0v) is 14.4. The number of nitrogens with two attached hydrogens (primary N) is 1. The molecule has 0 saturated heterocycles. The van der Waals surface area contributed by atoms with E-state index in [0.29, 0.717) is 10.7 Å². The maximum absolute atomic E-state index is 5.97. The van der Waals surface area contributed by atoms with Crippen LogP contribution in [0.3, 0.4) is 0 Å². The van der Waals surface area contributed by atoms with Gasteiger partial charge in [-0.25, -0.2) is 0 Å². The first kappa shape index (κ1) is 16.2. The van der Waals surface area contributed by atoms with E-state index >= 15 is 0 Å². The van der Waals surface area contributed by atoms with Crippen LogP contribution >= 0.6 is 35.7 Å². The van der Waals surface area contributed by atoms with Crippen LogP contribution in [-0.4, -0.2) is 17.0 Å². The van der Waals surface area contributed by atoms with Crippen LogP contribution in [0.5, 0.6) is 11.5 Å². The van der Waals surface area contributed by atoms with Crippen molar-refractivity contribution >= 4 is 40.7 Å². The van der Waals surface area contributed by atoms with Crippen molar-refractivity contribution in [3.63, 3.8) is 0 Å². The van der Waals surface area contributed by atoms with Crippen molar-refractivity contribution in [2.24, 2.45) is 5.73 Å². The number of ether oxygens (including phenoxy) is 1. The third kappa shape index (κ3) is 4.15. The van der Waals surface area contributed by atoms with Crippen LogP contribution in [0.15, 0.2) is 52.3 Å². The molecule has 0 fully saturated rings. The van der Waals surface area contributed by atoms with Crippen LogP contribution in [-0.2, 0) is 0 Å². The first-order valence-corrected chi connectivity index (χ1v) is 9.15. The predicted molar refractivity (Wildman–Crippen MR) is 97.0 cm³/mol. The summed E-state index contributed by atoms with van der Waals surface area (Å²) in [5, 5.41) is 0. The predicted octanol–water partition coefficient (Wildman–Crippen LogP) is 4.95. The van der Waals surface area contributed by atoms with E-state index in [2.05, 4.69) is 6.92 Å². The summed E-state index contributed by atoms with van der Waals surface area (Å²) in [6.07, 6.45) is 2.05. The third-order valence-electron chi connectivity index (χ3n) is 2.82. The topological polar surface area (TPSA) is 35.2 Å². The Morgan fingerprint density at radius 1 is 1.19 bits per heavy atom. The first-order valence-electron chi connectivity index (χ1n) is 6.53. The van der Waals surface area contributed by atoms with Gasteiger partial charge < -0.3 is 10.5 Å². The molecule has 0 heterocycles. The van der Waals surface area contributed by atoms with E-state index in [1.54, 1.807) is 23.5 Å². The van der Waals surface area contributed by atoms with E-state index in [1.165, 1.54) is 4.90 Å². The average Bonchev–Trinajstić information content (AvgIpc) is 2.48. The molecular weight excluding hydrogens is 318 g/mol. The van der Waals surface area contributed by atoms with Gasteiger partial charge in [0.1, 0.15) is 16.5 Å². The van der Waals surface area contributed by atoms with E-state index in [-0.39, 0.29) is 0 Å². The van der Waals surface area contributed by atoms with Gasteiger partial charge in [0.2, 0.25) is 0 Å². The fraction of sp³-hybridized carbons (Fsp3) is 0.188. The fourth-order valence-electron chi connectivity index (χ4n) is 1.89. The van der Waals surface area contributed by atoms with Gasteiger partial charge in [-0.3, -0.25) is 0 Å². The molecule has 2 aromatic carbocycles. The Kier molecular flexibility index (Phi) is 5.96. The van der Waals surface area contributed by atoms with Crippen LogP contribution in [0.1, 0.15) is 12.5 Å². The van der Waals surface area contributed by atoms with Crippen molar-refractivity contribution in [2.45, 2.75) is 16.7 Å². The molecule has 0 unspecified atom stereocenters. The molecule has 0 aliphatic carbocycles. The lowest BCUT2D eigenvalue weighted by Gasteiger charge is -2.14. The second kappa shape index (κ2) is 7.73. The van der Waals surface area contributed by atoms with Crippen molar-refractivity contribution in [3.05, 3.63) is 48.0 Å². The minimum absolute atomic E-state index is 0.363. The smallest absolute Gasteiger partial charge is 0.138 e. The van der Waals surface area contributed by atoms with E-state index in [1.807, 2.05) is 48.7 Å². The summed E-state index contributed by atoms with van der Waals surface area (Å²) in [5.74, 6) is 2.45. The molecule has 0 radical (unpaired) electrons. The highest BCUT2D eigenvalue weighted by Gasteiger charge is 2.13. The van der Waals surface area contributed by atoms with Gasteiger partial charge in [-0.1, -0.05) is 25.2 Å². The van der Waals surface area contributed by atoms with Gasteiger partial charge in [-0.15, -0.1) is 23.5 Å². The Labute approximate surface area is 139 Å². The summed E-state index contributed by atoms with van der Waals surface area (Å²) in [5.41, 5.74) is 6.69. The molecule has 0 spiro atoms. The Morgan fingerprint density at radius 3 is 2.48 bits per heavy atom. The van der Waals surface area contributed by atoms with Crippen LogP contribution in [0.4, 0.5) is 0 Å². The first-order chi connectivity index (χ1) is 10.2. The van der Waals surface area contributed by atoms with E-state index in [0.717, 1.165) is 22.0 Å². The molecular formula is C16H17NOS3. The van der Waals surface area contributed by atoms with Crippen molar-refractivity contribution < 1.29 is 4.74 Å². The maximum Gasteiger partial charge on any atom is 0.138 e. The molecule has 2 N–H and O–H groups in total. The minimum atomic E-state index is 0.363. The molecule has 2 nitrogen and oxygen atoms in total. The highest BCUT2D eigenvalue weighted by Crippen LogP contribution is 2.33. The normalized spacial score (nSPS) is 10.4. The van der Waals surface area contributed by atoms with Crippen molar-refractivity contribution in [3.8, 4) is 11.5 Å². The van der Waals surface area contributed by atoms with Crippen LogP contribution in [0, 0.1) is 0 Å². The van der Waals surface area contributed by atoms with Gasteiger partial charge >= 0.3 is 0 Å². The fourth-order valence-corrected chi connectivity index (χ4v) is 3.41. The summed E-state index contributed by atoms with van der Waals surface area (Å²) < 4.78 is 5.97. The average molecular weight is 336 g/mol. The largest absolute Gasteiger partial charge is 0.457 e. The van der Waals surface area contributed by atoms with Crippen LogP contribution in [0.2, 0.25) is 0 Å². The van der Waals surface area contributed by atoms with Crippen LogP contribution in [0.25, 0.3) is 0 Å². The summed E-state index contributed by atoms with van der Waals surface area (Å²) in [6, 6.07) is 13.9. The van der Waals surface area contributed by atoms with Gasteiger partial charge in [0.05, 0.1) is 5.56 Å². The summed E-state index contributed by atoms with van der Waals surface area (Å²) in [4.78, 5) is 2.62. The number of thiocarbonyl (C=S) groups is 1. The van der Waals surface area contributed by atoms with Gasteiger partial charge in [0.15, 0.2) is 0 Å². The molecule has 2 rings (SSSR count). The lowest BCUT2D eigenvalue weighted by molar-refractivity contribution is 0.480. The Bertz CT molecular complexity index is 626. The van der Waals surface area contributed by atoms with Gasteiger partial charge in [0.25, 0.3) is 0 Å². The Balaban J connectivity index is 2.33. The number of benzene rings is 2. The molecule has 0 aliphatic rings. The molecule has 5 heteroatoms. The van der Waals surface area contributed by atoms with E-state index in [4.69, 9.17) is 22.7 Å². The molecule has 0 aliphatic heterocycles. The molecule has 0 bridgehead atoms. The van der Waals surface area contributed by atoms with Crippen molar-refractivity contribution in [2.75, 3.05) is 12.0 Å². The molecule has 110 valence electrons. The highest BCUT2D eigenvalue weighted by atomic mass is 32.2. The summed E-state index contributed by atoms with van der Waals surface area (Å²) in [6.45, 7) is 2.10. The number of rotatable bonds is 6. The summed E-state index contributed by atoms with van der Waals surface area (Å²) in [7, 11) is 0. The molecule has 0 saturated carbocycles. The van der Waals surface area contributed by atoms with Gasteiger partial charge in [-0.05, 0) is 48.4 Å². The van der Waals surface area contributed by atoms with E-state index < -0.39 is 0 Å². The number of hydrogen-bond acceptors (Lipinski definition) is 4. The van der Waals surface area contributed by atoms with Gasteiger partial charge in [-0.2, -0.15) is 0 Å². The Morgan fingerprint density at radius 2 is 1.90 bits per heavy atom. The summed E-state index contributed by atoms with van der Waals surface area (Å²) >= 11 is 8.60. The quantitative estimate of drug-likeness (QED) is 0.597. The molecule has 0 amide bonds. The molecule has 21 heavy (non-hydrogen) atoms. The minimum Gasteiger partial charge on any atom is -0.457 e. The third-order valence-corrected chi connectivity index (χ3v) is 4.71. The van der Waals surface area contributed by atoms with Crippen molar-refractivity contribution in [1.82, 2.24) is 0 Å². The number of thioether (sulfide) groups is 2. The molecule has 0 atom stereocenters. The SMILES string of the molecule is CCSc1cccc(Oc2ccc(SC)cc2)c1C(N)=S. The maximum atomic E-state index is 5.97. The van der Waals surface area contributed by atoms with E-state index in [9.17, 15) is 0 Å².